The van der Waals surface area contributed by atoms with Crippen LogP contribution in [0.5, 0.6) is 0 Å². The van der Waals surface area contributed by atoms with E-state index in [-0.39, 0.29) is 34.2 Å². The minimum Gasteiger partial charge on any atom is -0.316 e. The molecule has 3 heterocycles. The average molecular weight is 559 g/mol. The van der Waals surface area contributed by atoms with Crippen LogP contribution in [0.15, 0.2) is 82.1 Å². The molecule has 8 nitrogen and oxygen atoms in total. The third-order valence-corrected chi connectivity index (χ3v) is 8.31. The van der Waals surface area contributed by atoms with Crippen molar-refractivity contribution in [3.05, 3.63) is 98.8 Å². The van der Waals surface area contributed by atoms with Crippen LogP contribution in [0, 0.1) is 0 Å². The number of hydrogen-bond acceptors (Lipinski definition) is 7. The molecule has 1 atom stereocenters. The average Bonchev–Trinajstić information content (AvgIpc) is 3.38. The number of benzene rings is 2. The number of halogens is 1. The van der Waals surface area contributed by atoms with Crippen molar-refractivity contribution >= 4 is 55.6 Å². The Bertz CT molecular complexity index is 1400. The molecule has 2 aromatic rings. The van der Waals surface area contributed by atoms with Crippen LogP contribution in [0.1, 0.15) is 39.1 Å². The molecule has 0 saturated heterocycles. The van der Waals surface area contributed by atoms with Crippen molar-refractivity contribution in [3.8, 4) is 0 Å². The van der Waals surface area contributed by atoms with Crippen molar-refractivity contribution in [1.29, 1.82) is 0 Å². The lowest BCUT2D eigenvalue weighted by atomic mass is 10.0. The lowest BCUT2D eigenvalue weighted by molar-refractivity contribution is 0.0647. The highest BCUT2D eigenvalue weighted by Crippen LogP contribution is 2.37. The van der Waals surface area contributed by atoms with Gasteiger partial charge in [0.1, 0.15) is 4.91 Å². The summed E-state index contributed by atoms with van der Waals surface area (Å²) in [7, 11) is -4.06. The first-order valence-electron chi connectivity index (χ1n) is 10.3. The summed E-state index contributed by atoms with van der Waals surface area (Å²) in [5, 5.41) is 0. The van der Waals surface area contributed by atoms with Crippen LogP contribution in [-0.4, -0.2) is 36.0 Å². The van der Waals surface area contributed by atoms with Gasteiger partial charge in [0, 0.05) is 23.4 Å². The van der Waals surface area contributed by atoms with Crippen LogP contribution in [0.4, 0.5) is 5.69 Å². The molecule has 174 valence electrons. The van der Waals surface area contributed by atoms with Gasteiger partial charge in [-0.3, -0.25) is 23.5 Å². The van der Waals surface area contributed by atoms with Gasteiger partial charge in [0.15, 0.2) is 0 Å². The number of carbonyl (C=O) groups excluding carboxylic acids is 2. The first kappa shape index (κ1) is 22.8. The molecule has 0 radical (unpaired) electrons. The fourth-order valence-corrected chi connectivity index (χ4v) is 6.47. The van der Waals surface area contributed by atoms with Crippen LogP contribution >= 0.6 is 28.1 Å². The SMILES string of the molecule is C[C@H](CN1C(=O)c2cc(Br)cc(NS(=O)(=O)C3=CC=CN4SNC=C34)c2C1=O)c1ccccc1. The van der Waals surface area contributed by atoms with Gasteiger partial charge in [-0.1, -0.05) is 53.2 Å². The van der Waals surface area contributed by atoms with Gasteiger partial charge in [0.2, 0.25) is 0 Å². The van der Waals surface area contributed by atoms with Gasteiger partial charge in [-0.05, 0) is 35.8 Å². The Labute approximate surface area is 209 Å². The summed E-state index contributed by atoms with van der Waals surface area (Å²) in [5.41, 5.74) is 1.73. The lowest BCUT2D eigenvalue weighted by Gasteiger charge is -2.21. The Hall–Kier alpha value is -3.02. The summed E-state index contributed by atoms with van der Waals surface area (Å²) in [6.07, 6.45) is 6.43. The molecule has 5 rings (SSSR count). The Morgan fingerprint density at radius 2 is 1.91 bits per heavy atom. The molecule has 0 saturated carbocycles. The van der Waals surface area contributed by atoms with E-state index < -0.39 is 21.8 Å². The Morgan fingerprint density at radius 1 is 1.15 bits per heavy atom. The number of anilines is 1. The number of fused-ring (bicyclic) bond motifs is 2. The number of allylic oxidation sites excluding steroid dienone is 2. The van der Waals surface area contributed by atoms with Gasteiger partial charge < -0.3 is 4.72 Å². The number of hydrogen-bond donors (Lipinski definition) is 2. The van der Waals surface area contributed by atoms with Crippen LogP contribution in [0.3, 0.4) is 0 Å². The molecular formula is C23H19BrN4O4S2. The minimum atomic E-state index is -4.06. The summed E-state index contributed by atoms with van der Waals surface area (Å²) in [4.78, 5) is 27.7. The van der Waals surface area contributed by atoms with Crippen molar-refractivity contribution < 1.29 is 18.0 Å². The monoisotopic (exact) mass is 558 g/mol. The number of nitrogens with one attached hydrogen (secondary N) is 2. The molecule has 0 aliphatic carbocycles. The zero-order chi connectivity index (χ0) is 24.0. The first-order chi connectivity index (χ1) is 16.3. The predicted octanol–water partition coefficient (Wildman–Crippen LogP) is 4.31. The molecule has 0 unspecified atom stereocenters. The molecule has 3 aliphatic heterocycles. The zero-order valence-electron chi connectivity index (χ0n) is 17.9. The van der Waals surface area contributed by atoms with E-state index in [1.807, 2.05) is 37.3 Å². The van der Waals surface area contributed by atoms with Crippen molar-refractivity contribution in [2.24, 2.45) is 0 Å². The van der Waals surface area contributed by atoms with Crippen molar-refractivity contribution in [2.75, 3.05) is 11.3 Å². The molecule has 2 N–H and O–H groups in total. The molecule has 11 heteroatoms. The van der Waals surface area contributed by atoms with Gasteiger partial charge in [-0.2, -0.15) is 0 Å². The number of rotatable bonds is 6. The van der Waals surface area contributed by atoms with E-state index in [1.165, 1.54) is 29.2 Å². The van der Waals surface area contributed by atoms with Crippen LogP contribution < -0.4 is 9.44 Å². The fourth-order valence-electron chi connectivity index (χ4n) is 4.05. The molecule has 3 aliphatic rings. The van der Waals surface area contributed by atoms with E-state index in [1.54, 1.807) is 28.8 Å². The molecule has 2 aromatic carbocycles. The number of amides is 2. The standard InChI is InChI=1S/C23H19BrN4O4S2/c1-14(15-6-3-2-4-7-15)13-27-22(29)17-10-16(24)11-18(21(17)23(27)30)26-34(31,32)20-8-5-9-28-19(20)12-25-33-28/h2-12,14,25-26H,13H2,1H3/t14-/m1/s1. The Morgan fingerprint density at radius 3 is 2.68 bits per heavy atom. The second-order valence-electron chi connectivity index (χ2n) is 7.95. The zero-order valence-corrected chi connectivity index (χ0v) is 21.1. The topological polar surface area (TPSA) is 98.8 Å². The molecule has 0 fully saturated rings. The smallest absolute Gasteiger partial charge is 0.264 e. The van der Waals surface area contributed by atoms with Gasteiger partial charge in [0.25, 0.3) is 21.8 Å². The third kappa shape index (κ3) is 3.93. The summed E-state index contributed by atoms with van der Waals surface area (Å²) in [6, 6.07) is 12.6. The number of carbonyl (C=O) groups is 2. The maximum Gasteiger partial charge on any atom is 0.264 e. The van der Waals surface area contributed by atoms with Gasteiger partial charge >= 0.3 is 0 Å². The largest absolute Gasteiger partial charge is 0.316 e. The molecule has 2 amide bonds. The van der Waals surface area contributed by atoms with Crippen LogP contribution in [-0.2, 0) is 10.0 Å². The van der Waals surface area contributed by atoms with E-state index in [4.69, 9.17) is 0 Å². The van der Waals surface area contributed by atoms with Crippen LogP contribution in [0.2, 0.25) is 0 Å². The molecule has 0 aromatic heterocycles. The molecular weight excluding hydrogens is 540 g/mol. The molecule has 0 spiro atoms. The van der Waals surface area contributed by atoms with Gasteiger partial charge in [0.05, 0.1) is 34.6 Å². The van der Waals surface area contributed by atoms with Gasteiger partial charge in [-0.25, -0.2) is 8.42 Å². The van der Waals surface area contributed by atoms with Crippen molar-refractivity contribution in [3.63, 3.8) is 0 Å². The van der Waals surface area contributed by atoms with E-state index in [0.717, 1.165) is 5.56 Å². The quantitative estimate of drug-likeness (QED) is 0.402. The summed E-state index contributed by atoms with van der Waals surface area (Å²) in [6.45, 7) is 2.12. The summed E-state index contributed by atoms with van der Waals surface area (Å²) in [5.74, 6) is -1.06. The highest BCUT2D eigenvalue weighted by molar-refractivity contribution is 9.10. The van der Waals surface area contributed by atoms with Gasteiger partial charge in [-0.15, -0.1) is 0 Å². The van der Waals surface area contributed by atoms with E-state index in [2.05, 4.69) is 25.4 Å². The third-order valence-electron chi connectivity index (χ3n) is 5.70. The van der Waals surface area contributed by atoms with E-state index in [9.17, 15) is 18.0 Å². The molecule has 0 bridgehead atoms. The van der Waals surface area contributed by atoms with Crippen molar-refractivity contribution in [1.82, 2.24) is 13.9 Å². The maximum absolute atomic E-state index is 13.3. The second-order valence-corrected chi connectivity index (χ2v) is 11.3. The van der Waals surface area contributed by atoms with Crippen molar-refractivity contribution in [2.45, 2.75) is 12.8 Å². The summed E-state index contributed by atoms with van der Waals surface area (Å²) < 4.78 is 34.2. The second kappa shape index (κ2) is 8.64. The fraction of sp³-hybridized carbons (Fsp3) is 0.130. The van der Waals surface area contributed by atoms with E-state index >= 15 is 0 Å². The molecule has 34 heavy (non-hydrogen) atoms. The maximum atomic E-state index is 13.3. The Balaban J connectivity index is 1.47. The minimum absolute atomic E-state index is 0.0487. The number of sulfonamides is 1. The highest BCUT2D eigenvalue weighted by Gasteiger charge is 2.40. The van der Waals surface area contributed by atoms with Crippen LogP contribution in [0.25, 0.3) is 0 Å². The Kier molecular flexibility index (Phi) is 5.78. The highest BCUT2D eigenvalue weighted by atomic mass is 79.9. The number of nitrogens with zero attached hydrogens (tertiary/aromatic N) is 2. The normalized spacial score (nSPS) is 17.7. The first-order valence-corrected chi connectivity index (χ1v) is 13.4. The van der Waals surface area contributed by atoms with E-state index in [0.29, 0.717) is 10.2 Å². The lowest BCUT2D eigenvalue weighted by Crippen LogP contribution is -2.33. The summed E-state index contributed by atoms with van der Waals surface area (Å²) >= 11 is 4.58. The number of imide groups is 1. The predicted molar refractivity (Wildman–Crippen MR) is 135 cm³/mol.